The van der Waals surface area contributed by atoms with Gasteiger partial charge < -0.3 is 20.5 Å². The van der Waals surface area contributed by atoms with Crippen LogP contribution in [0.5, 0.6) is 0 Å². The number of hydrogen-bond donors (Lipinski definition) is 3. The number of aromatic nitrogens is 3. The van der Waals surface area contributed by atoms with Gasteiger partial charge in [0.15, 0.2) is 5.69 Å². The standard InChI is InChI=1S/C26H20Cl2FN5O4/c27-17-10-18(28)16(9-15(17)24-19(29)7-4-8-30-24)25(36)32-23-11-20(26(37)31-21-12-38-13-22(21)35)33-34(23)14-5-2-1-3-6-14/h1-11,21-22,35H,12-13H2,(H,31,37)(H,32,36)/t21-,22-/m1/s1. The Balaban J connectivity index is 1.48. The van der Waals surface area contributed by atoms with Crippen LogP contribution >= 0.6 is 23.2 Å². The second kappa shape index (κ2) is 10.9. The smallest absolute Gasteiger partial charge is 0.272 e. The molecule has 2 aromatic heterocycles. The molecule has 4 aromatic rings. The van der Waals surface area contributed by atoms with Gasteiger partial charge in [-0.15, -0.1) is 0 Å². The highest BCUT2D eigenvalue weighted by Crippen LogP contribution is 2.33. The minimum atomic E-state index is -0.834. The molecule has 2 aromatic carbocycles. The Morgan fingerprint density at radius 2 is 1.82 bits per heavy atom. The van der Waals surface area contributed by atoms with Crippen LogP contribution in [0.4, 0.5) is 10.2 Å². The van der Waals surface area contributed by atoms with E-state index in [1.165, 1.54) is 41.2 Å². The molecular weight excluding hydrogens is 536 g/mol. The first-order chi connectivity index (χ1) is 18.3. The van der Waals surface area contributed by atoms with Crippen molar-refractivity contribution in [3.63, 3.8) is 0 Å². The first kappa shape index (κ1) is 25.8. The van der Waals surface area contributed by atoms with Crippen molar-refractivity contribution in [2.75, 3.05) is 18.5 Å². The van der Waals surface area contributed by atoms with E-state index in [1.54, 1.807) is 24.3 Å². The second-order valence-corrected chi connectivity index (χ2v) is 9.26. The van der Waals surface area contributed by atoms with E-state index in [0.717, 1.165) is 0 Å². The number of hydrogen-bond acceptors (Lipinski definition) is 6. The van der Waals surface area contributed by atoms with E-state index < -0.39 is 29.8 Å². The zero-order valence-corrected chi connectivity index (χ0v) is 21.1. The van der Waals surface area contributed by atoms with E-state index in [0.29, 0.717) is 5.69 Å². The molecule has 0 radical (unpaired) electrons. The highest BCUT2D eigenvalue weighted by atomic mass is 35.5. The van der Waals surface area contributed by atoms with Gasteiger partial charge in [0, 0.05) is 17.8 Å². The van der Waals surface area contributed by atoms with Gasteiger partial charge in [-0.05, 0) is 36.4 Å². The maximum absolute atomic E-state index is 14.4. The number of para-hydroxylation sites is 1. The molecule has 194 valence electrons. The zero-order valence-electron chi connectivity index (χ0n) is 19.6. The predicted molar refractivity (Wildman–Crippen MR) is 139 cm³/mol. The Hall–Kier alpha value is -3.83. The largest absolute Gasteiger partial charge is 0.388 e. The third-order valence-corrected chi connectivity index (χ3v) is 6.49. The molecule has 3 N–H and O–H groups in total. The lowest BCUT2D eigenvalue weighted by Crippen LogP contribution is -2.42. The molecule has 9 nitrogen and oxygen atoms in total. The second-order valence-electron chi connectivity index (χ2n) is 8.45. The molecule has 2 atom stereocenters. The van der Waals surface area contributed by atoms with Crippen LogP contribution in [0.3, 0.4) is 0 Å². The predicted octanol–water partition coefficient (Wildman–Crippen LogP) is 4.12. The molecule has 1 aliphatic rings. The normalized spacial score (nSPS) is 16.8. The molecule has 0 spiro atoms. The maximum atomic E-state index is 14.4. The molecule has 1 fully saturated rings. The van der Waals surface area contributed by atoms with Crippen LogP contribution in [-0.4, -0.2) is 57.0 Å². The number of nitrogens with zero attached hydrogens (tertiary/aromatic N) is 3. The summed E-state index contributed by atoms with van der Waals surface area (Å²) in [6, 6.07) is 15.0. The number of benzene rings is 2. The van der Waals surface area contributed by atoms with Gasteiger partial charge in [-0.25, -0.2) is 9.07 Å². The summed E-state index contributed by atoms with van der Waals surface area (Å²) in [5.41, 5.74) is 0.739. The van der Waals surface area contributed by atoms with Crippen molar-refractivity contribution in [1.82, 2.24) is 20.1 Å². The number of ether oxygens (including phenoxy) is 1. The Morgan fingerprint density at radius 3 is 2.53 bits per heavy atom. The third-order valence-electron chi connectivity index (χ3n) is 5.87. The van der Waals surface area contributed by atoms with Crippen molar-refractivity contribution in [2.24, 2.45) is 0 Å². The number of aliphatic hydroxyl groups excluding tert-OH is 1. The van der Waals surface area contributed by atoms with Crippen LogP contribution in [0.25, 0.3) is 16.9 Å². The molecule has 1 saturated heterocycles. The lowest BCUT2D eigenvalue weighted by molar-refractivity contribution is 0.0881. The summed E-state index contributed by atoms with van der Waals surface area (Å²) in [5.74, 6) is -1.64. The quantitative estimate of drug-likeness (QED) is 0.329. The number of carbonyl (C=O) groups excluding carboxylic acids is 2. The highest BCUT2D eigenvalue weighted by Gasteiger charge is 2.29. The Bertz CT molecular complexity index is 1520. The third kappa shape index (κ3) is 5.25. The van der Waals surface area contributed by atoms with Gasteiger partial charge in [-0.1, -0.05) is 41.4 Å². The fraction of sp³-hybridized carbons (Fsp3) is 0.154. The summed E-state index contributed by atoms with van der Waals surface area (Å²) in [5, 5.41) is 19.9. The maximum Gasteiger partial charge on any atom is 0.272 e. The molecule has 12 heteroatoms. The van der Waals surface area contributed by atoms with Gasteiger partial charge in [0.1, 0.15) is 17.3 Å². The van der Waals surface area contributed by atoms with Crippen molar-refractivity contribution in [3.05, 3.63) is 94.0 Å². The fourth-order valence-electron chi connectivity index (χ4n) is 3.94. The van der Waals surface area contributed by atoms with E-state index in [4.69, 9.17) is 27.9 Å². The van der Waals surface area contributed by atoms with Crippen LogP contribution in [0.1, 0.15) is 20.8 Å². The number of anilines is 1. The SMILES string of the molecule is O=C(N[C@@H]1COC[C@H]1O)c1cc(NC(=O)c2cc(-c3ncccc3F)c(Cl)cc2Cl)n(-c2ccccc2)n1. The van der Waals surface area contributed by atoms with Crippen LogP contribution in [0.2, 0.25) is 10.0 Å². The van der Waals surface area contributed by atoms with Crippen molar-refractivity contribution < 1.29 is 23.8 Å². The average Bonchev–Trinajstić information content (AvgIpc) is 3.51. The molecule has 38 heavy (non-hydrogen) atoms. The Morgan fingerprint density at radius 1 is 1.03 bits per heavy atom. The Labute approximate surface area is 226 Å². The molecule has 1 aliphatic heterocycles. The lowest BCUT2D eigenvalue weighted by Gasteiger charge is -2.13. The van der Waals surface area contributed by atoms with Crippen LogP contribution in [0, 0.1) is 5.82 Å². The molecule has 0 saturated carbocycles. The van der Waals surface area contributed by atoms with Crippen molar-refractivity contribution >= 4 is 40.8 Å². The average molecular weight is 556 g/mol. The number of carbonyl (C=O) groups is 2. The number of nitrogens with one attached hydrogen (secondary N) is 2. The fourth-order valence-corrected chi connectivity index (χ4v) is 4.50. The molecule has 0 unspecified atom stereocenters. The van der Waals surface area contributed by atoms with E-state index in [9.17, 15) is 19.1 Å². The van der Waals surface area contributed by atoms with E-state index in [1.807, 2.05) is 6.07 Å². The summed E-state index contributed by atoms with van der Waals surface area (Å²) < 4.78 is 21.0. The topological polar surface area (TPSA) is 118 Å². The van der Waals surface area contributed by atoms with E-state index >= 15 is 0 Å². The van der Waals surface area contributed by atoms with Gasteiger partial charge in [-0.2, -0.15) is 5.10 Å². The molecule has 0 aliphatic carbocycles. The summed E-state index contributed by atoms with van der Waals surface area (Å²) >= 11 is 12.6. The lowest BCUT2D eigenvalue weighted by atomic mass is 10.1. The van der Waals surface area contributed by atoms with E-state index in [-0.39, 0.29) is 51.6 Å². The van der Waals surface area contributed by atoms with Crippen LogP contribution in [-0.2, 0) is 4.74 Å². The van der Waals surface area contributed by atoms with Gasteiger partial charge in [-0.3, -0.25) is 14.6 Å². The monoisotopic (exact) mass is 555 g/mol. The summed E-state index contributed by atoms with van der Waals surface area (Å²) in [6.45, 7) is 0.293. The number of rotatable bonds is 6. The summed E-state index contributed by atoms with van der Waals surface area (Å²) in [6.07, 6.45) is 0.574. The minimum Gasteiger partial charge on any atom is -0.388 e. The van der Waals surface area contributed by atoms with Gasteiger partial charge >= 0.3 is 0 Å². The number of amides is 2. The van der Waals surface area contributed by atoms with Gasteiger partial charge in [0.2, 0.25) is 0 Å². The highest BCUT2D eigenvalue weighted by molar-refractivity contribution is 6.38. The minimum absolute atomic E-state index is 0.00158. The zero-order chi connectivity index (χ0) is 26.8. The Kier molecular flexibility index (Phi) is 7.39. The van der Waals surface area contributed by atoms with Crippen molar-refractivity contribution in [3.8, 4) is 16.9 Å². The molecular formula is C26H20Cl2FN5O4. The number of halogens is 3. The molecule has 2 amide bonds. The van der Waals surface area contributed by atoms with Crippen molar-refractivity contribution in [1.29, 1.82) is 0 Å². The van der Waals surface area contributed by atoms with E-state index in [2.05, 4.69) is 20.7 Å². The number of aliphatic hydroxyl groups is 1. The van der Waals surface area contributed by atoms with Gasteiger partial charge in [0.25, 0.3) is 11.8 Å². The molecule has 3 heterocycles. The molecule has 5 rings (SSSR count). The number of pyridine rings is 1. The first-order valence-electron chi connectivity index (χ1n) is 11.4. The van der Waals surface area contributed by atoms with Gasteiger partial charge in [0.05, 0.1) is 46.7 Å². The first-order valence-corrected chi connectivity index (χ1v) is 12.2. The summed E-state index contributed by atoms with van der Waals surface area (Å²) in [4.78, 5) is 30.3. The van der Waals surface area contributed by atoms with Crippen molar-refractivity contribution in [2.45, 2.75) is 12.1 Å². The molecule has 0 bridgehead atoms. The van der Waals surface area contributed by atoms with Crippen LogP contribution in [0.15, 0.2) is 66.9 Å². The summed E-state index contributed by atoms with van der Waals surface area (Å²) in [7, 11) is 0. The van der Waals surface area contributed by atoms with Crippen LogP contribution < -0.4 is 10.6 Å².